The van der Waals surface area contributed by atoms with Crippen molar-refractivity contribution >= 4 is 42.2 Å². The number of carbonyl (C=O) groups excluding carboxylic acids is 1. The lowest BCUT2D eigenvalue weighted by molar-refractivity contribution is -0.137. The van der Waals surface area contributed by atoms with Crippen molar-refractivity contribution in [3.05, 3.63) is 76.5 Å². The number of halogens is 3. The highest BCUT2D eigenvalue weighted by molar-refractivity contribution is 7.50. The summed E-state index contributed by atoms with van der Waals surface area (Å²) in [4.78, 5) is 40.8. The normalized spacial score (nSPS) is 15.6. The highest BCUT2D eigenvalue weighted by atomic mass is 31.2. The maximum Gasteiger partial charge on any atom is 0.421 e. The molecule has 10 nitrogen and oxygen atoms in total. The molecule has 2 aliphatic heterocycles. The molecule has 1 aromatic heterocycles. The van der Waals surface area contributed by atoms with E-state index in [0.29, 0.717) is 36.1 Å². The summed E-state index contributed by atoms with van der Waals surface area (Å²) >= 11 is 0. The molecule has 0 aliphatic carbocycles. The summed E-state index contributed by atoms with van der Waals surface area (Å²) in [5.74, 6) is -0.971. The fraction of sp³-hybridized carbons (Fsp3) is 0.269. The Morgan fingerprint density at radius 1 is 1.12 bits per heavy atom. The standard InChI is InChI=1S/C26H26F3N6O4P/c1-35-13-19-18(16-8-10-30-11-9-16)6-7-21(22(19)24(35)36)33-23-20(26(27,28)29)12-31-25(34-23)32-17-4-2-15(3-5-17)14-40(37,38)39/h2-8,12,30H,9-11,13-14H2,1H3,(H2,37,38,39)(H2,31,32,33,34). The molecule has 210 valence electrons. The van der Waals surface area contributed by atoms with Crippen molar-refractivity contribution in [1.29, 1.82) is 0 Å². The second-order valence-electron chi connectivity index (χ2n) is 9.58. The molecule has 0 saturated heterocycles. The molecule has 40 heavy (non-hydrogen) atoms. The minimum atomic E-state index is -4.77. The summed E-state index contributed by atoms with van der Waals surface area (Å²) in [6, 6.07) is 9.40. The Morgan fingerprint density at radius 3 is 2.52 bits per heavy atom. The van der Waals surface area contributed by atoms with Crippen LogP contribution >= 0.6 is 7.60 Å². The number of amides is 1. The number of hydrogen-bond donors (Lipinski definition) is 5. The van der Waals surface area contributed by atoms with Crippen LogP contribution in [0.25, 0.3) is 5.57 Å². The van der Waals surface area contributed by atoms with Gasteiger partial charge in [0.05, 0.1) is 17.4 Å². The summed E-state index contributed by atoms with van der Waals surface area (Å²) in [5.41, 5.74) is 2.94. The number of rotatable bonds is 7. The third-order valence-corrected chi connectivity index (χ3v) is 7.40. The topological polar surface area (TPSA) is 140 Å². The van der Waals surface area contributed by atoms with Crippen molar-refractivity contribution < 1.29 is 32.3 Å². The van der Waals surface area contributed by atoms with Crippen LogP contribution in [0, 0.1) is 0 Å². The molecule has 5 N–H and O–H groups in total. The second-order valence-corrected chi connectivity index (χ2v) is 11.2. The molecular formula is C26H26F3N6O4P. The number of carbonyl (C=O) groups is 1. The van der Waals surface area contributed by atoms with Crippen molar-refractivity contribution in [1.82, 2.24) is 20.2 Å². The summed E-state index contributed by atoms with van der Waals surface area (Å²) < 4.78 is 53.0. The number of nitrogens with one attached hydrogen (secondary N) is 3. The molecule has 0 saturated carbocycles. The fourth-order valence-corrected chi connectivity index (χ4v) is 5.45. The van der Waals surface area contributed by atoms with Crippen LogP contribution in [0.1, 0.15) is 39.0 Å². The molecule has 0 fully saturated rings. The third kappa shape index (κ3) is 6.02. The average molecular weight is 575 g/mol. The van der Waals surface area contributed by atoms with Gasteiger partial charge in [-0.2, -0.15) is 18.2 Å². The van der Waals surface area contributed by atoms with Gasteiger partial charge in [0, 0.05) is 32.0 Å². The lowest BCUT2D eigenvalue weighted by Crippen LogP contribution is -2.20. The van der Waals surface area contributed by atoms with Crippen molar-refractivity contribution in [2.45, 2.75) is 25.3 Å². The molecule has 0 bridgehead atoms. The first-order valence-electron chi connectivity index (χ1n) is 12.3. The van der Waals surface area contributed by atoms with Crippen LogP contribution in [-0.4, -0.2) is 50.7 Å². The van der Waals surface area contributed by atoms with E-state index in [2.05, 4.69) is 32.0 Å². The zero-order valence-electron chi connectivity index (χ0n) is 21.3. The van der Waals surface area contributed by atoms with Gasteiger partial charge in [-0.25, -0.2) is 4.98 Å². The fourth-order valence-electron chi connectivity index (χ4n) is 4.76. The first-order chi connectivity index (χ1) is 18.9. The minimum absolute atomic E-state index is 0.144. The average Bonchev–Trinajstić information content (AvgIpc) is 3.19. The maximum atomic E-state index is 13.9. The van der Waals surface area contributed by atoms with Gasteiger partial charge in [0.25, 0.3) is 5.91 Å². The summed E-state index contributed by atoms with van der Waals surface area (Å²) in [6.07, 6.45) is -1.73. The number of anilines is 4. The Labute approximate surface area is 227 Å². The Bertz CT molecular complexity index is 1540. The van der Waals surface area contributed by atoms with Crippen LogP contribution in [0.3, 0.4) is 0 Å². The van der Waals surface area contributed by atoms with E-state index in [4.69, 9.17) is 9.79 Å². The number of fused-ring (bicyclic) bond motifs is 1. The highest BCUT2D eigenvalue weighted by Crippen LogP contribution is 2.41. The second kappa shape index (κ2) is 10.7. The lowest BCUT2D eigenvalue weighted by atomic mass is 9.92. The quantitative estimate of drug-likeness (QED) is 0.256. The first kappa shape index (κ1) is 27.8. The monoisotopic (exact) mass is 574 g/mol. The summed E-state index contributed by atoms with van der Waals surface area (Å²) in [7, 11) is -2.60. The van der Waals surface area contributed by atoms with Crippen LogP contribution in [0.15, 0.2) is 48.7 Å². The molecule has 0 unspecified atom stereocenters. The number of aromatic nitrogens is 2. The number of nitrogens with zero attached hydrogens (tertiary/aromatic N) is 3. The SMILES string of the molecule is CN1Cc2c(C3=CCNCC3)ccc(Nc3nc(Nc4ccc(CP(=O)(O)O)cc4)ncc3C(F)(F)F)c2C1=O. The molecule has 0 atom stereocenters. The number of benzene rings is 2. The Balaban J connectivity index is 1.48. The van der Waals surface area contributed by atoms with E-state index in [0.717, 1.165) is 29.7 Å². The van der Waals surface area contributed by atoms with Gasteiger partial charge in [0.2, 0.25) is 5.95 Å². The maximum absolute atomic E-state index is 13.9. The molecule has 2 aromatic carbocycles. The van der Waals surface area contributed by atoms with Crippen LogP contribution < -0.4 is 16.0 Å². The van der Waals surface area contributed by atoms with Gasteiger partial charge in [-0.05, 0) is 53.4 Å². The summed E-state index contributed by atoms with van der Waals surface area (Å²) in [6.45, 7) is 1.83. The zero-order valence-corrected chi connectivity index (χ0v) is 22.2. The van der Waals surface area contributed by atoms with Gasteiger partial charge in [0.1, 0.15) is 11.4 Å². The van der Waals surface area contributed by atoms with E-state index >= 15 is 0 Å². The molecular weight excluding hydrogens is 548 g/mol. The third-order valence-electron chi connectivity index (χ3n) is 6.62. The lowest BCUT2D eigenvalue weighted by Gasteiger charge is -2.19. The van der Waals surface area contributed by atoms with Gasteiger partial charge in [-0.3, -0.25) is 9.36 Å². The molecule has 1 amide bonds. The Morgan fingerprint density at radius 2 is 1.88 bits per heavy atom. The van der Waals surface area contributed by atoms with Gasteiger partial charge in [-0.15, -0.1) is 0 Å². The van der Waals surface area contributed by atoms with Crippen molar-refractivity contribution in [2.24, 2.45) is 0 Å². The number of alkyl halides is 3. The van der Waals surface area contributed by atoms with E-state index in [9.17, 15) is 22.5 Å². The van der Waals surface area contributed by atoms with E-state index in [-0.39, 0.29) is 17.5 Å². The van der Waals surface area contributed by atoms with Crippen molar-refractivity contribution in [3.63, 3.8) is 0 Å². The smallest absolute Gasteiger partial charge is 0.339 e. The molecule has 0 spiro atoms. The highest BCUT2D eigenvalue weighted by Gasteiger charge is 2.37. The largest absolute Gasteiger partial charge is 0.421 e. The van der Waals surface area contributed by atoms with Crippen molar-refractivity contribution in [3.8, 4) is 0 Å². The first-order valence-corrected chi connectivity index (χ1v) is 14.1. The molecule has 2 aliphatic rings. The van der Waals surface area contributed by atoms with Gasteiger partial charge in [-0.1, -0.05) is 24.3 Å². The van der Waals surface area contributed by atoms with E-state index in [1.807, 2.05) is 6.07 Å². The predicted octanol–water partition coefficient (Wildman–Crippen LogP) is 4.62. The van der Waals surface area contributed by atoms with Gasteiger partial charge < -0.3 is 30.6 Å². The minimum Gasteiger partial charge on any atom is -0.339 e. The molecule has 3 heterocycles. The Kier molecular flexibility index (Phi) is 7.40. The van der Waals surface area contributed by atoms with Gasteiger partial charge >= 0.3 is 13.8 Å². The predicted molar refractivity (Wildman–Crippen MR) is 143 cm³/mol. The molecule has 3 aromatic rings. The van der Waals surface area contributed by atoms with Crippen LogP contribution in [0.4, 0.5) is 36.3 Å². The molecule has 14 heteroatoms. The number of hydrogen-bond acceptors (Lipinski definition) is 7. The zero-order chi connectivity index (χ0) is 28.7. The molecule has 0 radical (unpaired) electrons. The van der Waals surface area contributed by atoms with E-state index < -0.39 is 31.3 Å². The van der Waals surface area contributed by atoms with E-state index in [1.165, 1.54) is 29.2 Å². The van der Waals surface area contributed by atoms with Crippen molar-refractivity contribution in [2.75, 3.05) is 30.8 Å². The Hall–Kier alpha value is -3.77. The van der Waals surface area contributed by atoms with Crippen LogP contribution in [0.5, 0.6) is 0 Å². The van der Waals surface area contributed by atoms with E-state index in [1.54, 1.807) is 13.1 Å². The molecule has 5 rings (SSSR count). The van der Waals surface area contributed by atoms with Crippen LogP contribution in [-0.2, 0) is 23.4 Å². The van der Waals surface area contributed by atoms with Crippen LogP contribution in [0.2, 0.25) is 0 Å². The van der Waals surface area contributed by atoms with Gasteiger partial charge in [0.15, 0.2) is 0 Å². The summed E-state index contributed by atoms with van der Waals surface area (Å²) in [5, 5.41) is 8.80.